The maximum absolute atomic E-state index is 13.1. The third-order valence-electron chi connectivity index (χ3n) is 8.82. The van der Waals surface area contributed by atoms with Crippen molar-refractivity contribution in [3.05, 3.63) is 124 Å². The molecule has 7 rings (SSSR count). The van der Waals surface area contributed by atoms with Crippen molar-refractivity contribution < 1.29 is 17.9 Å². The van der Waals surface area contributed by atoms with Crippen molar-refractivity contribution in [3.63, 3.8) is 0 Å². The first kappa shape index (κ1) is 32.2. The number of hydrogen-bond donors (Lipinski definition) is 0. The highest BCUT2D eigenvalue weighted by Gasteiger charge is 2.26. The molecule has 1 aromatic heterocycles. The lowest BCUT2D eigenvalue weighted by Crippen LogP contribution is -2.40. The minimum Gasteiger partial charge on any atom is -0.457 e. The van der Waals surface area contributed by atoms with Crippen LogP contribution in [0.1, 0.15) is 49.1 Å². The fourth-order valence-corrected chi connectivity index (χ4v) is 8.42. The molecule has 0 atom stereocenters. The van der Waals surface area contributed by atoms with Gasteiger partial charge in [-0.05, 0) is 90.6 Å². The molecule has 0 spiro atoms. The molecule has 1 saturated carbocycles. The average Bonchev–Trinajstić information content (AvgIpc) is 3.54. The van der Waals surface area contributed by atoms with Gasteiger partial charge in [-0.15, -0.1) is 11.3 Å². The van der Waals surface area contributed by atoms with Crippen molar-refractivity contribution in [2.75, 3.05) is 26.3 Å². The van der Waals surface area contributed by atoms with E-state index in [4.69, 9.17) is 19.6 Å². The van der Waals surface area contributed by atoms with Gasteiger partial charge < -0.3 is 9.47 Å². The van der Waals surface area contributed by atoms with Crippen molar-refractivity contribution in [2.45, 2.75) is 42.9 Å². The molecule has 4 aromatic carbocycles. The predicted octanol–water partition coefficient (Wildman–Crippen LogP) is 8.19. The molecular weight excluding hydrogens is 641 g/mol. The Hall–Kier alpha value is -4.35. The Morgan fingerprint density at radius 1 is 0.792 bits per heavy atom. The van der Waals surface area contributed by atoms with E-state index in [-0.39, 0.29) is 4.90 Å². The van der Waals surface area contributed by atoms with Gasteiger partial charge in [0.05, 0.1) is 35.7 Å². The highest BCUT2D eigenvalue weighted by molar-refractivity contribution is 7.89. The molecule has 1 aliphatic carbocycles. The summed E-state index contributed by atoms with van der Waals surface area (Å²) < 4.78 is 40.9. The molecule has 0 unspecified atom stereocenters. The van der Waals surface area contributed by atoms with Crippen molar-refractivity contribution >= 4 is 33.3 Å². The summed E-state index contributed by atoms with van der Waals surface area (Å²) in [6, 6.07) is 33.1. The lowest BCUT2D eigenvalue weighted by atomic mass is 9.84. The molecule has 1 saturated heterocycles. The number of hydrogen-bond acceptors (Lipinski definition) is 7. The molecule has 2 heterocycles. The van der Waals surface area contributed by atoms with E-state index in [0.717, 1.165) is 28.3 Å². The first-order chi connectivity index (χ1) is 23.5. The molecule has 0 amide bonds. The van der Waals surface area contributed by atoms with Gasteiger partial charge >= 0.3 is 0 Å². The maximum Gasteiger partial charge on any atom is 0.243 e. The second-order valence-corrected chi connectivity index (χ2v) is 14.8. The summed E-state index contributed by atoms with van der Waals surface area (Å²) in [6.07, 6.45) is 8.27. The summed E-state index contributed by atoms with van der Waals surface area (Å²) in [4.78, 5) is 5.83. The number of ether oxygens (including phenoxy) is 2. The number of rotatable bonds is 9. The third kappa shape index (κ3) is 7.52. The number of benzene rings is 4. The minimum absolute atomic E-state index is 0.249. The Kier molecular flexibility index (Phi) is 9.95. The van der Waals surface area contributed by atoms with Crippen LogP contribution in [0, 0.1) is 0 Å². The summed E-state index contributed by atoms with van der Waals surface area (Å²) >= 11 is 1.49. The number of thiazole rings is 1. The Balaban J connectivity index is 1.18. The van der Waals surface area contributed by atoms with E-state index < -0.39 is 10.0 Å². The van der Waals surface area contributed by atoms with Gasteiger partial charge in [-0.2, -0.15) is 9.41 Å². The van der Waals surface area contributed by atoms with Crippen LogP contribution in [0.15, 0.2) is 123 Å². The highest BCUT2D eigenvalue weighted by Crippen LogP contribution is 2.34. The maximum atomic E-state index is 13.1. The van der Waals surface area contributed by atoms with Gasteiger partial charge in [-0.1, -0.05) is 61.7 Å². The largest absolute Gasteiger partial charge is 0.457 e. The SMILES string of the molecule is O=S(=O)(c1ccc(N=c2scc(-c3ccc(C4CCCCC4)cc3)n2/N=C/c2ccc(Oc3ccccc3)cc2)cc1)N1CCOCC1. The van der Waals surface area contributed by atoms with Crippen LogP contribution in [0.25, 0.3) is 11.3 Å². The van der Waals surface area contributed by atoms with Gasteiger partial charge in [-0.25, -0.2) is 18.1 Å². The quantitative estimate of drug-likeness (QED) is 0.147. The summed E-state index contributed by atoms with van der Waals surface area (Å²) in [7, 11) is -3.59. The lowest BCUT2D eigenvalue weighted by molar-refractivity contribution is 0.0730. The first-order valence-corrected chi connectivity index (χ1v) is 18.8. The molecule has 2 aliphatic rings. The van der Waals surface area contributed by atoms with Crippen molar-refractivity contribution in [3.8, 4) is 22.8 Å². The van der Waals surface area contributed by atoms with Crippen LogP contribution in [-0.2, 0) is 14.8 Å². The van der Waals surface area contributed by atoms with E-state index in [1.165, 1.54) is 53.3 Å². The van der Waals surface area contributed by atoms with E-state index in [0.29, 0.717) is 42.7 Å². The van der Waals surface area contributed by atoms with Gasteiger partial charge in [0.25, 0.3) is 0 Å². The molecule has 1 aliphatic heterocycles. The second kappa shape index (κ2) is 14.8. The lowest BCUT2D eigenvalue weighted by Gasteiger charge is -2.26. The van der Waals surface area contributed by atoms with Gasteiger partial charge in [0.15, 0.2) is 0 Å². The predicted molar refractivity (Wildman–Crippen MR) is 191 cm³/mol. The molecule has 246 valence electrons. The molecule has 48 heavy (non-hydrogen) atoms. The number of aromatic nitrogens is 1. The summed E-state index contributed by atoms with van der Waals surface area (Å²) in [5.74, 6) is 2.16. The zero-order valence-corrected chi connectivity index (χ0v) is 28.3. The van der Waals surface area contributed by atoms with E-state index in [9.17, 15) is 8.42 Å². The van der Waals surface area contributed by atoms with Crippen molar-refractivity contribution in [1.29, 1.82) is 0 Å². The van der Waals surface area contributed by atoms with Crippen LogP contribution >= 0.6 is 11.3 Å². The van der Waals surface area contributed by atoms with Gasteiger partial charge in [0.1, 0.15) is 11.5 Å². The van der Waals surface area contributed by atoms with Crippen molar-refractivity contribution in [2.24, 2.45) is 10.1 Å². The summed E-state index contributed by atoms with van der Waals surface area (Å²) in [5, 5.41) is 6.98. The molecule has 0 N–H and O–H groups in total. The first-order valence-electron chi connectivity index (χ1n) is 16.4. The summed E-state index contributed by atoms with van der Waals surface area (Å²) in [5.41, 5.74) is 4.95. The normalized spacial score (nSPS) is 16.8. The van der Waals surface area contributed by atoms with E-state index in [1.54, 1.807) is 24.3 Å². The minimum atomic E-state index is -3.59. The fourth-order valence-electron chi connectivity index (χ4n) is 6.16. The number of nitrogens with zero attached hydrogens (tertiary/aromatic N) is 4. The van der Waals surface area contributed by atoms with Crippen LogP contribution < -0.4 is 9.54 Å². The topological polar surface area (TPSA) is 85.5 Å². The molecule has 2 fully saturated rings. The van der Waals surface area contributed by atoms with Crippen LogP contribution in [0.4, 0.5) is 5.69 Å². The van der Waals surface area contributed by atoms with E-state index in [1.807, 2.05) is 65.5 Å². The zero-order chi connectivity index (χ0) is 32.8. The van der Waals surface area contributed by atoms with E-state index >= 15 is 0 Å². The van der Waals surface area contributed by atoms with Crippen LogP contribution in [0.3, 0.4) is 0 Å². The molecule has 0 radical (unpaired) electrons. The standard InChI is InChI=1S/C38H38N4O4S2/c43-48(44,41-23-25-45-26-24-41)36-21-17-33(18-22-36)40-38-42(39-27-29-11-19-35(20-12-29)46-34-9-5-2-6-10-34)37(28-47-38)32-15-13-31(14-16-32)30-7-3-1-4-8-30/h2,5-6,9-22,27-28,30H,1,3-4,7-8,23-26H2/b39-27+,40-38?. The fraction of sp³-hybridized carbons (Fsp3) is 0.263. The Labute approximate surface area is 285 Å². The Bertz CT molecular complexity index is 2010. The average molecular weight is 679 g/mol. The highest BCUT2D eigenvalue weighted by atomic mass is 32.2. The third-order valence-corrected chi connectivity index (χ3v) is 11.5. The summed E-state index contributed by atoms with van der Waals surface area (Å²) in [6.45, 7) is 1.52. The van der Waals surface area contributed by atoms with Gasteiger partial charge in [0.2, 0.25) is 14.8 Å². The van der Waals surface area contributed by atoms with Crippen LogP contribution in [0.2, 0.25) is 0 Å². The molecular formula is C38H38N4O4S2. The smallest absolute Gasteiger partial charge is 0.243 e. The molecule has 10 heteroatoms. The number of morpholine rings is 1. The number of sulfonamides is 1. The molecule has 8 nitrogen and oxygen atoms in total. The zero-order valence-electron chi connectivity index (χ0n) is 26.6. The van der Waals surface area contributed by atoms with Crippen LogP contribution in [0.5, 0.6) is 11.5 Å². The van der Waals surface area contributed by atoms with Crippen molar-refractivity contribution in [1.82, 2.24) is 8.98 Å². The Morgan fingerprint density at radius 2 is 1.48 bits per heavy atom. The molecule has 0 bridgehead atoms. The number of para-hydroxylation sites is 1. The Morgan fingerprint density at radius 3 is 2.19 bits per heavy atom. The van der Waals surface area contributed by atoms with Crippen LogP contribution in [-0.4, -0.2) is 49.9 Å². The van der Waals surface area contributed by atoms with E-state index in [2.05, 4.69) is 29.6 Å². The molecule has 5 aromatic rings. The van der Waals surface area contributed by atoms with Gasteiger partial charge in [0, 0.05) is 24.0 Å². The monoisotopic (exact) mass is 678 g/mol. The van der Waals surface area contributed by atoms with Gasteiger partial charge in [-0.3, -0.25) is 0 Å². The second-order valence-electron chi connectivity index (χ2n) is 12.0.